The fourth-order valence-electron chi connectivity index (χ4n) is 3.07. The highest BCUT2D eigenvalue weighted by molar-refractivity contribution is 7.10. The highest BCUT2D eigenvalue weighted by atomic mass is 35.5. The van der Waals surface area contributed by atoms with E-state index in [1.165, 1.54) is 12.5 Å². The molecule has 0 radical (unpaired) electrons. The van der Waals surface area contributed by atoms with Crippen LogP contribution in [0.15, 0.2) is 23.6 Å². The van der Waals surface area contributed by atoms with Gasteiger partial charge in [0.15, 0.2) is 0 Å². The SMILES string of the molecule is COc1cc2c(CC(=O)O)c(C)n(Cc3csc(C(F)(F)F)c3)c2cc1Cl. The molecule has 2 heterocycles. The number of aliphatic carboxylic acids is 1. The number of carboxylic acid groups (broad SMARTS) is 1. The van der Waals surface area contributed by atoms with Crippen LogP contribution in [0.5, 0.6) is 5.75 Å². The highest BCUT2D eigenvalue weighted by Gasteiger charge is 2.32. The second-order valence-electron chi connectivity index (χ2n) is 6.04. The number of rotatable bonds is 5. The summed E-state index contributed by atoms with van der Waals surface area (Å²) in [5, 5.41) is 11.7. The molecule has 0 aliphatic rings. The van der Waals surface area contributed by atoms with E-state index in [2.05, 4.69) is 0 Å². The summed E-state index contributed by atoms with van der Waals surface area (Å²) in [4.78, 5) is 10.6. The fourth-order valence-corrected chi connectivity index (χ4v) is 4.08. The molecule has 3 rings (SSSR count). The van der Waals surface area contributed by atoms with Crippen molar-refractivity contribution in [3.8, 4) is 5.75 Å². The fraction of sp³-hybridized carbons (Fsp3) is 0.278. The maximum Gasteiger partial charge on any atom is 0.425 e. The number of aromatic nitrogens is 1. The smallest absolute Gasteiger partial charge is 0.425 e. The van der Waals surface area contributed by atoms with Crippen LogP contribution in [0.2, 0.25) is 5.02 Å². The van der Waals surface area contributed by atoms with Crippen molar-refractivity contribution in [3.05, 3.63) is 50.3 Å². The molecule has 4 nitrogen and oxygen atoms in total. The first-order chi connectivity index (χ1) is 12.6. The summed E-state index contributed by atoms with van der Waals surface area (Å²) in [7, 11) is 1.46. The molecule has 0 fully saturated rings. The number of fused-ring (bicyclic) bond motifs is 1. The predicted octanol–water partition coefficient (Wildman–Crippen LogP) is 5.37. The van der Waals surface area contributed by atoms with Crippen LogP contribution < -0.4 is 4.74 Å². The lowest BCUT2D eigenvalue weighted by Crippen LogP contribution is -2.05. The number of carboxylic acids is 1. The molecule has 9 heteroatoms. The molecule has 0 atom stereocenters. The molecule has 144 valence electrons. The number of hydrogen-bond donors (Lipinski definition) is 1. The van der Waals surface area contributed by atoms with Crippen molar-refractivity contribution in [2.24, 2.45) is 0 Å². The molecule has 1 N–H and O–H groups in total. The van der Waals surface area contributed by atoms with E-state index < -0.39 is 17.0 Å². The first-order valence-corrected chi connectivity index (χ1v) is 9.09. The summed E-state index contributed by atoms with van der Waals surface area (Å²) >= 11 is 6.84. The summed E-state index contributed by atoms with van der Waals surface area (Å²) in [5.41, 5.74) is 2.38. The maximum atomic E-state index is 12.9. The minimum Gasteiger partial charge on any atom is -0.495 e. The molecule has 3 aromatic rings. The van der Waals surface area contributed by atoms with Gasteiger partial charge < -0.3 is 14.4 Å². The second kappa shape index (κ2) is 7.09. The Morgan fingerprint density at radius 3 is 2.59 bits per heavy atom. The van der Waals surface area contributed by atoms with Crippen LogP contribution in [0.1, 0.15) is 21.7 Å². The molecule has 0 spiro atoms. The van der Waals surface area contributed by atoms with E-state index in [0.717, 1.165) is 6.07 Å². The largest absolute Gasteiger partial charge is 0.495 e. The van der Waals surface area contributed by atoms with Crippen molar-refractivity contribution < 1.29 is 27.8 Å². The first-order valence-electron chi connectivity index (χ1n) is 7.83. The number of halogens is 4. The van der Waals surface area contributed by atoms with Crippen molar-refractivity contribution in [2.75, 3.05) is 7.11 Å². The molecule has 1 aromatic carbocycles. The topological polar surface area (TPSA) is 51.5 Å². The van der Waals surface area contributed by atoms with Crippen LogP contribution in [0.25, 0.3) is 10.9 Å². The average Bonchev–Trinajstić information content (AvgIpc) is 3.13. The van der Waals surface area contributed by atoms with Gasteiger partial charge in [-0.3, -0.25) is 4.79 Å². The summed E-state index contributed by atoms with van der Waals surface area (Å²) in [6, 6.07) is 4.41. The summed E-state index contributed by atoms with van der Waals surface area (Å²) < 4.78 is 45.6. The van der Waals surface area contributed by atoms with Gasteiger partial charge in [0, 0.05) is 17.6 Å². The highest BCUT2D eigenvalue weighted by Crippen LogP contribution is 2.37. The van der Waals surface area contributed by atoms with E-state index >= 15 is 0 Å². The lowest BCUT2D eigenvalue weighted by molar-refractivity contribution is -0.136. The third-order valence-corrected chi connectivity index (χ3v) is 5.65. The lowest BCUT2D eigenvalue weighted by atomic mass is 10.1. The molecule has 0 unspecified atom stereocenters. The number of benzene rings is 1. The molecular formula is C18H15ClF3NO3S. The van der Waals surface area contributed by atoms with E-state index in [0.29, 0.717) is 49.8 Å². The zero-order valence-electron chi connectivity index (χ0n) is 14.4. The van der Waals surface area contributed by atoms with Gasteiger partial charge in [0.2, 0.25) is 0 Å². The van der Waals surface area contributed by atoms with Gasteiger partial charge in [-0.2, -0.15) is 13.2 Å². The molecule has 27 heavy (non-hydrogen) atoms. The van der Waals surface area contributed by atoms with E-state index in [-0.39, 0.29) is 13.0 Å². The Morgan fingerprint density at radius 2 is 2.04 bits per heavy atom. The van der Waals surface area contributed by atoms with Gasteiger partial charge in [0.05, 0.1) is 24.1 Å². The minimum absolute atomic E-state index is 0.178. The Kier molecular flexibility index (Phi) is 5.14. The quantitative estimate of drug-likeness (QED) is 0.607. The van der Waals surface area contributed by atoms with Crippen molar-refractivity contribution in [2.45, 2.75) is 26.1 Å². The third kappa shape index (κ3) is 3.77. The number of nitrogens with zero attached hydrogens (tertiary/aromatic N) is 1. The van der Waals surface area contributed by atoms with Crippen molar-refractivity contribution >= 4 is 39.8 Å². The zero-order chi connectivity index (χ0) is 19.9. The molecule has 2 aromatic heterocycles. The molecule has 0 amide bonds. The van der Waals surface area contributed by atoms with Gasteiger partial charge in [-0.05, 0) is 41.6 Å². The van der Waals surface area contributed by atoms with Gasteiger partial charge >= 0.3 is 12.1 Å². The van der Waals surface area contributed by atoms with Gasteiger partial charge in [-0.1, -0.05) is 11.6 Å². The number of thiophene rings is 1. The number of ether oxygens (including phenoxy) is 1. The Morgan fingerprint density at radius 1 is 1.33 bits per heavy atom. The standard InChI is InChI=1S/C18H15ClF3NO3S/c1-9-11(5-17(24)25)12-4-15(26-2)13(19)6-14(12)23(9)7-10-3-16(27-8-10)18(20,21)22/h3-4,6,8H,5,7H2,1-2H3,(H,24,25). The van der Waals surface area contributed by atoms with Gasteiger partial charge in [0.1, 0.15) is 10.6 Å². The zero-order valence-corrected chi connectivity index (χ0v) is 15.9. The normalized spacial score (nSPS) is 11.9. The minimum atomic E-state index is -4.39. The van der Waals surface area contributed by atoms with Crippen LogP contribution in [-0.4, -0.2) is 22.8 Å². The molecule has 0 aliphatic carbocycles. The molecule has 0 bridgehead atoms. The van der Waals surface area contributed by atoms with Crippen LogP contribution in [0.4, 0.5) is 13.2 Å². The van der Waals surface area contributed by atoms with Crippen LogP contribution >= 0.6 is 22.9 Å². The van der Waals surface area contributed by atoms with Crippen LogP contribution in [0, 0.1) is 6.92 Å². The third-order valence-electron chi connectivity index (χ3n) is 4.33. The number of methoxy groups -OCH3 is 1. The van der Waals surface area contributed by atoms with Crippen molar-refractivity contribution in [3.63, 3.8) is 0 Å². The Hall–Kier alpha value is -2.19. The second-order valence-corrected chi connectivity index (χ2v) is 7.36. The summed E-state index contributed by atoms with van der Waals surface area (Å²) in [6.07, 6.45) is -4.60. The van der Waals surface area contributed by atoms with Gasteiger partial charge in [-0.15, -0.1) is 11.3 Å². The van der Waals surface area contributed by atoms with Gasteiger partial charge in [0.25, 0.3) is 0 Å². The van der Waals surface area contributed by atoms with Gasteiger partial charge in [-0.25, -0.2) is 0 Å². The predicted molar refractivity (Wildman–Crippen MR) is 98.0 cm³/mol. The summed E-state index contributed by atoms with van der Waals surface area (Å²) in [6.45, 7) is 1.92. The van der Waals surface area contributed by atoms with Crippen LogP contribution in [-0.2, 0) is 23.9 Å². The molecule has 0 saturated carbocycles. The monoisotopic (exact) mass is 417 g/mol. The Balaban J connectivity index is 2.14. The maximum absolute atomic E-state index is 12.9. The van der Waals surface area contributed by atoms with Crippen molar-refractivity contribution in [1.29, 1.82) is 0 Å². The van der Waals surface area contributed by atoms with Crippen molar-refractivity contribution in [1.82, 2.24) is 4.57 Å². The van der Waals surface area contributed by atoms with E-state index in [4.69, 9.17) is 16.3 Å². The molecule has 0 saturated heterocycles. The lowest BCUT2D eigenvalue weighted by Gasteiger charge is -2.09. The Labute approximate surface area is 161 Å². The Bertz CT molecular complexity index is 1020. The number of alkyl halides is 3. The number of carbonyl (C=O) groups is 1. The average molecular weight is 418 g/mol. The molecular weight excluding hydrogens is 403 g/mol. The van der Waals surface area contributed by atoms with E-state index in [9.17, 15) is 23.1 Å². The number of hydrogen-bond acceptors (Lipinski definition) is 3. The van der Waals surface area contributed by atoms with E-state index in [1.807, 2.05) is 0 Å². The van der Waals surface area contributed by atoms with E-state index in [1.54, 1.807) is 23.6 Å². The molecule has 0 aliphatic heterocycles. The van der Waals surface area contributed by atoms with Crippen LogP contribution in [0.3, 0.4) is 0 Å². The summed E-state index contributed by atoms with van der Waals surface area (Å²) in [5.74, 6) is -0.594. The first kappa shape index (κ1) is 19.6.